The molecule has 0 bridgehead atoms. The first-order valence-corrected chi connectivity index (χ1v) is 17.7. The van der Waals surface area contributed by atoms with Crippen LogP contribution < -0.4 is 0 Å². The van der Waals surface area contributed by atoms with Crippen molar-refractivity contribution < 1.29 is 40.0 Å². The average Bonchev–Trinajstić information content (AvgIpc) is 3.30. The molecule has 222 valence electrons. The summed E-state index contributed by atoms with van der Waals surface area (Å²) < 4.78 is 81.0. The maximum Gasteiger partial charge on any atom is 0.363 e. The molecule has 10 nitrogen and oxygen atoms in total. The summed E-state index contributed by atoms with van der Waals surface area (Å²) in [5.74, 6) is 0.0257. The van der Waals surface area contributed by atoms with E-state index < -0.39 is 31.7 Å². The largest absolute Gasteiger partial charge is 0.748 e. The van der Waals surface area contributed by atoms with Crippen molar-refractivity contribution in [1.82, 2.24) is 4.90 Å². The Hall–Kier alpha value is -0.470. The third-order valence-electron chi connectivity index (χ3n) is 7.47. The Bertz CT molecular complexity index is 1210. The van der Waals surface area contributed by atoms with E-state index in [1.165, 1.54) is 0 Å². The molecule has 8 atom stereocenters. The van der Waals surface area contributed by atoms with E-state index in [1.54, 1.807) is 18.2 Å². The molecule has 4 aliphatic rings. The zero-order chi connectivity index (χ0) is 28.5. The Labute approximate surface area is 249 Å². The smallest absolute Gasteiger partial charge is 0.363 e. The fourth-order valence-corrected chi connectivity index (χ4v) is 7.75. The summed E-state index contributed by atoms with van der Waals surface area (Å²) in [6.07, 6.45) is 7.14. The van der Waals surface area contributed by atoms with Gasteiger partial charge in [0.25, 0.3) is 0 Å². The van der Waals surface area contributed by atoms with Gasteiger partial charge < -0.3 is 23.5 Å². The molecule has 16 heteroatoms. The van der Waals surface area contributed by atoms with Crippen LogP contribution in [0.5, 0.6) is 0 Å². The third-order valence-corrected chi connectivity index (χ3v) is 11.2. The summed E-state index contributed by atoms with van der Waals surface area (Å²) >= 11 is 25.6. The van der Waals surface area contributed by atoms with Gasteiger partial charge in [-0.05, 0) is 25.0 Å². The highest BCUT2D eigenvalue weighted by molar-refractivity contribution is 7.85. The Morgan fingerprint density at radius 2 is 1.44 bits per heavy atom. The van der Waals surface area contributed by atoms with Crippen LogP contribution in [-0.4, -0.2) is 112 Å². The van der Waals surface area contributed by atoms with Crippen LogP contribution in [0.1, 0.15) is 38.5 Å². The second kappa shape index (κ2) is 12.8. The number of alkyl halides is 4. The highest BCUT2D eigenvalue weighted by Gasteiger charge is 2.49. The van der Waals surface area contributed by atoms with Crippen molar-refractivity contribution >= 4 is 72.5 Å². The molecule has 1 saturated heterocycles. The zero-order valence-electron chi connectivity index (χ0n) is 20.9. The van der Waals surface area contributed by atoms with E-state index in [9.17, 15) is 25.9 Å². The number of hydrogen-bond donors (Lipinski definition) is 0. The summed E-state index contributed by atoms with van der Waals surface area (Å²) in [6, 6.07) is -0.219. The second-order valence-electron chi connectivity index (χ2n) is 10.3. The predicted octanol–water partition coefficient (Wildman–Crippen LogP) is 2.52. The van der Waals surface area contributed by atoms with Gasteiger partial charge in [0.1, 0.15) is 12.6 Å². The van der Waals surface area contributed by atoms with E-state index in [4.69, 9.17) is 55.9 Å². The lowest BCUT2D eigenvalue weighted by Gasteiger charge is -2.34. The molecule has 0 aromatic rings. The fourth-order valence-electron chi connectivity index (χ4n) is 5.65. The van der Waals surface area contributed by atoms with Crippen molar-refractivity contribution in [2.75, 3.05) is 24.6 Å². The number of ether oxygens (including phenoxy) is 2. The third kappa shape index (κ3) is 8.30. The lowest BCUT2D eigenvalue weighted by atomic mass is 9.91. The fraction of sp³-hybridized carbons (Fsp3) is 0.783. The van der Waals surface area contributed by atoms with Gasteiger partial charge in [-0.25, -0.2) is 16.8 Å². The molecule has 0 spiro atoms. The van der Waals surface area contributed by atoms with Crippen LogP contribution in [-0.2, 0) is 29.7 Å². The van der Waals surface area contributed by atoms with Gasteiger partial charge >= 0.3 is 5.90 Å². The molecule has 2 heterocycles. The molecular weight excluding hydrogens is 638 g/mol. The molecule has 0 aromatic heterocycles. The van der Waals surface area contributed by atoms with Gasteiger partial charge in [0, 0.05) is 43.7 Å². The number of hydrogen-bond acceptors (Lipinski definition) is 9. The topological polar surface area (TPSA) is 139 Å². The van der Waals surface area contributed by atoms with Crippen LogP contribution in [0.25, 0.3) is 0 Å². The molecule has 2 saturated carbocycles. The first-order chi connectivity index (χ1) is 18.2. The van der Waals surface area contributed by atoms with Crippen molar-refractivity contribution in [3.05, 3.63) is 24.1 Å². The van der Waals surface area contributed by atoms with Crippen LogP contribution in [0.15, 0.2) is 24.1 Å². The lowest BCUT2D eigenvalue weighted by Crippen LogP contribution is -2.44. The molecule has 0 radical (unpaired) electrons. The Kier molecular flexibility index (Phi) is 10.3. The minimum absolute atomic E-state index is 0.110. The molecule has 39 heavy (non-hydrogen) atoms. The van der Waals surface area contributed by atoms with E-state index in [0.29, 0.717) is 50.6 Å². The van der Waals surface area contributed by atoms with E-state index in [2.05, 4.69) is 0 Å². The van der Waals surface area contributed by atoms with Crippen LogP contribution >= 0.6 is 46.4 Å². The van der Waals surface area contributed by atoms with Crippen molar-refractivity contribution in [3.8, 4) is 0 Å². The summed E-state index contributed by atoms with van der Waals surface area (Å²) in [6.45, 7) is 0.584. The minimum Gasteiger partial charge on any atom is -0.748 e. The normalized spacial score (nSPS) is 36.3. The van der Waals surface area contributed by atoms with Crippen LogP contribution in [0.3, 0.4) is 0 Å². The summed E-state index contributed by atoms with van der Waals surface area (Å²) in [5, 5.41) is -1.07. The van der Waals surface area contributed by atoms with Gasteiger partial charge in [-0.3, -0.25) is 0 Å². The summed E-state index contributed by atoms with van der Waals surface area (Å²) in [7, 11) is -8.70. The second-order valence-corrected chi connectivity index (χ2v) is 15.6. The molecule has 0 amide bonds. The summed E-state index contributed by atoms with van der Waals surface area (Å²) in [5.41, 5.74) is 0. The molecule has 3 fully saturated rings. The SMILES string of the molecule is O=S(=O)([O-])CCCN1C(=CC=CC2=[N+](CCCS(=O)(=O)[O-])C3CC(Cl)C(Cl)CC3O2)OC2CC(Cl)C(Cl)CC21. The van der Waals surface area contributed by atoms with Crippen LogP contribution in [0.2, 0.25) is 0 Å². The van der Waals surface area contributed by atoms with Gasteiger partial charge in [-0.1, -0.05) is 0 Å². The maximum atomic E-state index is 11.1. The van der Waals surface area contributed by atoms with E-state index >= 15 is 0 Å². The molecule has 2 aliphatic heterocycles. The highest BCUT2D eigenvalue weighted by atomic mass is 35.5. The standard InChI is InChI=1S/C23H32Cl4N2O8S2/c24-14-10-18-20(12-16(14)26)36-22(28(18)6-2-8-38(30,31)32)4-1-5-23-29(7-3-9-39(33,34)35)19-11-15(25)17(27)13-21(19)37-23/h1,4-5,14-21H,2-3,6-13H2,(H-,30,31,32,33,34,35)/p-1. The van der Waals surface area contributed by atoms with Crippen LogP contribution in [0.4, 0.5) is 0 Å². The molecule has 2 aliphatic carbocycles. The summed E-state index contributed by atoms with van der Waals surface area (Å²) in [4.78, 5) is 1.92. The molecule has 0 N–H and O–H groups in total. The molecule has 4 rings (SSSR count). The van der Waals surface area contributed by atoms with Gasteiger partial charge in [0.05, 0.1) is 53.9 Å². The Morgan fingerprint density at radius 3 is 2.10 bits per heavy atom. The Morgan fingerprint density at radius 1 is 0.846 bits per heavy atom. The van der Waals surface area contributed by atoms with Gasteiger partial charge in [0.15, 0.2) is 18.0 Å². The van der Waals surface area contributed by atoms with E-state index in [0.717, 1.165) is 0 Å². The first kappa shape index (κ1) is 31.5. The zero-order valence-corrected chi connectivity index (χ0v) is 25.6. The van der Waals surface area contributed by atoms with Gasteiger partial charge in [-0.15, -0.1) is 46.4 Å². The molecule has 0 aromatic carbocycles. The van der Waals surface area contributed by atoms with Crippen molar-refractivity contribution in [1.29, 1.82) is 0 Å². The van der Waals surface area contributed by atoms with E-state index in [1.807, 2.05) is 9.48 Å². The number of nitrogens with zero attached hydrogens (tertiary/aromatic N) is 2. The maximum absolute atomic E-state index is 11.1. The lowest BCUT2D eigenvalue weighted by molar-refractivity contribution is -0.561. The van der Waals surface area contributed by atoms with Gasteiger partial charge in [0.2, 0.25) is 0 Å². The quantitative estimate of drug-likeness (QED) is 0.195. The van der Waals surface area contributed by atoms with Crippen molar-refractivity contribution in [2.24, 2.45) is 0 Å². The monoisotopic (exact) mass is 667 g/mol. The first-order valence-electron chi connectivity index (χ1n) is 12.8. The highest BCUT2D eigenvalue weighted by Crippen LogP contribution is 2.40. The number of fused-ring (bicyclic) bond motifs is 2. The van der Waals surface area contributed by atoms with Crippen LogP contribution in [0, 0.1) is 0 Å². The van der Waals surface area contributed by atoms with E-state index in [-0.39, 0.29) is 58.6 Å². The van der Waals surface area contributed by atoms with Crippen molar-refractivity contribution in [2.45, 2.75) is 84.3 Å². The Balaban J connectivity index is 1.54. The number of rotatable bonds is 10. The molecular formula is C23H31Cl4N2O8S2-. The van der Waals surface area contributed by atoms with Gasteiger partial charge in [-0.2, -0.15) is 4.58 Å². The minimum atomic E-state index is -4.35. The number of allylic oxidation sites excluding steroid dienone is 2. The molecule has 8 unspecified atom stereocenters. The predicted molar refractivity (Wildman–Crippen MR) is 147 cm³/mol. The number of halogens is 4. The van der Waals surface area contributed by atoms with Crippen molar-refractivity contribution in [3.63, 3.8) is 0 Å². The average molecular weight is 669 g/mol.